The molecule has 0 aromatic carbocycles. The molecule has 5 nitrogen and oxygen atoms in total. The van der Waals surface area contributed by atoms with Crippen LogP contribution in [0.1, 0.15) is 0 Å². The van der Waals surface area contributed by atoms with E-state index >= 15 is 0 Å². The van der Waals surface area contributed by atoms with Gasteiger partial charge >= 0.3 is 6.03 Å². The van der Waals surface area contributed by atoms with Crippen molar-refractivity contribution in [2.75, 3.05) is 19.6 Å². The van der Waals surface area contributed by atoms with Gasteiger partial charge in [0.05, 0.1) is 0 Å². The van der Waals surface area contributed by atoms with Gasteiger partial charge in [0.25, 0.3) is 0 Å². The van der Waals surface area contributed by atoms with Crippen molar-refractivity contribution in [2.45, 2.75) is 5.54 Å². The number of amides is 2. The molecular weight excluding hydrogens is 168 g/mol. The first-order valence-electron chi connectivity index (χ1n) is 4.18. The maximum Gasteiger partial charge on any atom is 0.346 e. The largest absolute Gasteiger partial charge is 0.385 e. The predicted octanol–water partition coefficient (Wildman–Crippen LogP) is -0.693. The average Bonchev–Trinajstić information content (AvgIpc) is 2.23. The molecule has 0 atom stereocenters. The van der Waals surface area contributed by atoms with Crippen LogP contribution in [0.25, 0.3) is 0 Å². The van der Waals surface area contributed by atoms with Crippen molar-refractivity contribution in [2.24, 2.45) is 10.7 Å². The first kappa shape index (κ1) is 8.25. The lowest BCUT2D eigenvalue weighted by Gasteiger charge is -2.44. The third-order valence-electron chi connectivity index (χ3n) is 2.59. The van der Waals surface area contributed by atoms with E-state index < -0.39 is 0 Å². The van der Waals surface area contributed by atoms with E-state index in [1.165, 1.54) is 0 Å². The van der Waals surface area contributed by atoms with Crippen molar-refractivity contribution in [1.29, 1.82) is 0 Å². The van der Waals surface area contributed by atoms with E-state index in [1.807, 2.05) is 0 Å². The van der Waals surface area contributed by atoms with Crippen LogP contribution in [0.2, 0.25) is 0 Å². The number of amidine groups is 1. The molecular formula is C8H12N4O. The van der Waals surface area contributed by atoms with E-state index in [9.17, 15) is 4.79 Å². The van der Waals surface area contributed by atoms with Gasteiger partial charge in [0, 0.05) is 19.6 Å². The molecule has 0 bridgehead atoms. The number of carbonyl (C=O) groups excluding carboxylic acids is 1. The molecule has 1 spiro atoms. The van der Waals surface area contributed by atoms with Crippen LogP contribution in [0.4, 0.5) is 4.79 Å². The van der Waals surface area contributed by atoms with Crippen molar-refractivity contribution in [1.82, 2.24) is 10.2 Å². The molecule has 0 radical (unpaired) electrons. The quantitative estimate of drug-likeness (QED) is 0.552. The van der Waals surface area contributed by atoms with Crippen LogP contribution in [0, 0.1) is 0 Å². The van der Waals surface area contributed by atoms with Crippen LogP contribution >= 0.6 is 0 Å². The van der Waals surface area contributed by atoms with Crippen LogP contribution in [0.5, 0.6) is 0 Å². The fraction of sp³-hybridized carbons (Fsp3) is 0.500. The molecule has 0 saturated carbocycles. The zero-order valence-electron chi connectivity index (χ0n) is 7.29. The molecule has 2 aliphatic rings. The SMILES string of the molecule is C=CCN1C(=O)N=C(N)C12CNC2. The molecule has 1 saturated heterocycles. The number of hydrogen-bond acceptors (Lipinski definition) is 3. The highest BCUT2D eigenvalue weighted by Crippen LogP contribution is 2.26. The smallest absolute Gasteiger partial charge is 0.346 e. The number of urea groups is 1. The lowest BCUT2D eigenvalue weighted by atomic mass is 9.90. The molecule has 3 N–H and O–H groups in total. The standard InChI is InChI=1S/C8H12N4O/c1-2-3-12-7(13)11-6(9)8(12)4-10-5-8/h2,10H,1,3-5H2,(H2,9,11,13). The van der Waals surface area contributed by atoms with Gasteiger partial charge in [-0.1, -0.05) is 6.08 Å². The van der Waals surface area contributed by atoms with Crippen LogP contribution in [0.3, 0.4) is 0 Å². The fourth-order valence-electron chi connectivity index (χ4n) is 1.70. The molecule has 2 rings (SSSR count). The number of nitrogens with one attached hydrogen (secondary N) is 1. The third-order valence-corrected chi connectivity index (χ3v) is 2.59. The second kappa shape index (κ2) is 2.56. The Morgan fingerprint density at radius 1 is 1.77 bits per heavy atom. The molecule has 13 heavy (non-hydrogen) atoms. The van der Waals surface area contributed by atoms with Gasteiger partial charge in [-0.15, -0.1) is 6.58 Å². The summed E-state index contributed by atoms with van der Waals surface area (Å²) in [5, 5.41) is 3.09. The van der Waals surface area contributed by atoms with Crippen molar-refractivity contribution in [3.63, 3.8) is 0 Å². The van der Waals surface area contributed by atoms with Crippen LogP contribution in [-0.4, -0.2) is 41.9 Å². The monoisotopic (exact) mass is 180 g/mol. The molecule has 0 aliphatic carbocycles. The van der Waals surface area contributed by atoms with Gasteiger partial charge in [0.2, 0.25) is 0 Å². The number of carbonyl (C=O) groups is 1. The molecule has 0 unspecified atom stereocenters. The minimum absolute atomic E-state index is 0.251. The summed E-state index contributed by atoms with van der Waals surface area (Å²) in [5.74, 6) is 0.429. The third kappa shape index (κ3) is 0.904. The van der Waals surface area contributed by atoms with Gasteiger partial charge in [-0.3, -0.25) is 0 Å². The minimum atomic E-state index is -0.356. The van der Waals surface area contributed by atoms with E-state index in [0.717, 1.165) is 0 Å². The van der Waals surface area contributed by atoms with E-state index in [4.69, 9.17) is 5.73 Å². The van der Waals surface area contributed by atoms with E-state index in [0.29, 0.717) is 25.5 Å². The Morgan fingerprint density at radius 3 is 2.92 bits per heavy atom. The average molecular weight is 180 g/mol. The van der Waals surface area contributed by atoms with Crippen molar-refractivity contribution in [3.05, 3.63) is 12.7 Å². The Balaban J connectivity index is 2.27. The van der Waals surface area contributed by atoms with Crippen LogP contribution in [0.15, 0.2) is 17.6 Å². The van der Waals surface area contributed by atoms with E-state index in [1.54, 1.807) is 11.0 Å². The zero-order valence-corrected chi connectivity index (χ0v) is 7.29. The highest BCUT2D eigenvalue weighted by atomic mass is 16.2. The topological polar surface area (TPSA) is 70.7 Å². The fourth-order valence-corrected chi connectivity index (χ4v) is 1.70. The zero-order chi connectivity index (χ0) is 9.47. The number of nitrogens with zero attached hydrogens (tertiary/aromatic N) is 2. The van der Waals surface area contributed by atoms with Gasteiger partial charge in [0.1, 0.15) is 11.4 Å². The van der Waals surface area contributed by atoms with Gasteiger partial charge in [0.15, 0.2) is 0 Å². The molecule has 2 amide bonds. The van der Waals surface area contributed by atoms with E-state index in [-0.39, 0.29) is 11.6 Å². The molecule has 1 fully saturated rings. The number of hydrogen-bond donors (Lipinski definition) is 2. The van der Waals surface area contributed by atoms with Crippen molar-refractivity contribution in [3.8, 4) is 0 Å². The highest BCUT2D eigenvalue weighted by molar-refractivity contribution is 6.07. The summed E-state index contributed by atoms with van der Waals surface area (Å²) >= 11 is 0. The summed E-state index contributed by atoms with van der Waals surface area (Å²) in [6.07, 6.45) is 1.69. The number of nitrogens with two attached hydrogens (primary N) is 1. The second-order valence-corrected chi connectivity index (χ2v) is 3.31. The number of rotatable bonds is 2. The predicted molar refractivity (Wildman–Crippen MR) is 49.5 cm³/mol. The van der Waals surface area contributed by atoms with Crippen LogP contribution < -0.4 is 11.1 Å². The first-order chi connectivity index (χ1) is 6.20. The molecule has 2 aliphatic heterocycles. The molecule has 2 heterocycles. The normalized spacial score (nSPS) is 24.5. The minimum Gasteiger partial charge on any atom is -0.385 e. The number of aliphatic imine (C=N–C) groups is 1. The summed E-state index contributed by atoms with van der Waals surface area (Å²) in [6.45, 7) is 5.50. The van der Waals surface area contributed by atoms with Gasteiger partial charge in [-0.05, 0) is 0 Å². The lowest BCUT2D eigenvalue weighted by molar-refractivity contribution is 0.144. The van der Waals surface area contributed by atoms with Crippen LogP contribution in [-0.2, 0) is 0 Å². The summed E-state index contributed by atoms with van der Waals surface area (Å²) in [6, 6.07) is -0.251. The lowest BCUT2D eigenvalue weighted by Crippen LogP contribution is -2.72. The Labute approximate surface area is 76.3 Å². The Hall–Kier alpha value is -1.36. The maximum absolute atomic E-state index is 11.4. The van der Waals surface area contributed by atoms with E-state index in [2.05, 4.69) is 16.9 Å². The highest BCUT2D eigenvalue weighted by Gasteiger charge is 2.52. The molecule has 0 aromatic rings. The Morgan fingerprint density at radius 2 is 2.46 bits per heavy atom. The van der Waals surface area contributed by atoms with Gasteiger partial charge < -0.3 is 16.0 Å². The summed E-state index contributed by atoms with van der Waals surface area (Å²) in [5.41, 5.74) is 5.34. The van der Waals surface area contributed by atoms with Gasteiger partial charge in [-0.2, -0.15) is 4.99 Å². The summed E-state index contributed by atoms with van der Waals surface area (Å²) in [4.78, 5) is 16.8. The Kier molecular flexibility index (Phi) is 1.63. The first-order valence-corrected chi connectivity index (χ1v) is 4.18. The maximum atomic E-state index is 11.4. The molecule has 70 valence electrons. The van der Waals surface area contributed by atoms with Crippen molar-refractivity contribution >= 4 is 11.9 Å². The Bertz CT molecular complexity index is 293. The van der Waals surface area contributed by atoms with Gasteiger partial charge in [-0.25, -0.2) is 4.79 Å². The molecule has 0 aromatic heterocycles. The van der Waals surface area contributed by atoms with Crippen molar-refractivity contribution < 1.29 is 4.79 Å². The summed E-state index contributed by atoms with van der Waals surface area (Å²) in [7, 11) is 0. The molecule has 5 heteroatoms. The second-order valence-electron chi connectivity index (χ2n) is 3.31. The summed E-state index contributed by atoms with van der Waals surface area (Å²) < 4.78 is 0.